The topological polar surface area (TPSA) is 143 Å². The molecular weight excluding hydrogens is 648 g/mol. The number of esters is 1. The van der Waals surface area contributed by atoms with Crippen molar-refractivity contribution in [2.75, 3.05) is 0 Å². The van der Waals surface area contributed by atoms with Gasteiger partial charge in [-0.2, -0.15) is 0 Å². The smallest absolute Gasteiger partial charge is 0.335 e. The Morgan fingerprint density at radius 1 is 0.784 bits per heavy atom. The fraction of sp³-hybridized carbons (Fsp3) is 0.905. The number of carbonyl (C=O) groups is 2. The molecule has 2 heterocycles. The van der Waals surface area contributed by atoms with Crippen LogP contribution in [0, 0.1) is 50.7 Å². The average Bonchev–Trinajstić information content (AvgIpc) is 3.06. The summed E-state index contributed by atoms with van der Waals surface area (Å²) in [6.07, 6.45) is 10.2. The molecular formula is C42H64O9. The summed E-state index contributed by atoms with van der Waals surface area (Å²) in [5.74, 6) is -0.275. The number of aliphatic carboxylic acids is 1. The molecule has 9 nitrogen and oxygen atoms in total. The Kier molecular flexibility index (Phi) is 8.57. The fourth-order valence-corrected chi connectivity index (χ4v) is 14.4. The number of aliphatic hydroxyl groups is 3. The minimum atomic E-state index is -1.70. The van der Waals surface area contributed by atoms with Crippen LogP contribution in [0.4, 0.5) is 0 Å². The van der Waals surface area contributed by atoms with Crippen molar-refractivity contribution in [3.63, 3.8) is 0 Å². The van der Waals surface area contributed by atoms with Gasteiger partial charge in [0.2, 0.25) is 0 Å². The summed E-state index contributed by atoms with van der Waals surface area (Å²) in [4.78, 5) is 26.3. The van der Waals surface area contributed by atoms with Gasteiger partial charge in [-0.25, -0.2) is 4.79 Å². The van der Waals surface area contributed by atoms with Gasteiger partial charge in [0.25, 0.3) is 0 Å². The lowest BCUT2D eigenvalue weighted by Gasteiger charge is -2.74. The molecule has 5 saturated carbocycles. The van der Waals surface area contributed by atoms with Crippen LogP contribution in [0.5, 0.6) is 0 Å². The van der Waals surface area contributed by atoms with Crippen LogP contribution < -0.4 is 0 Å². The van der Waals surface area contributed by atoms with Crippen molar-refractivity contribution >= 4 is 11.9 Å². The zero-order valence-corrected chi connectivity index (χ0v) is 31.9. The van der Waals surface area contributed by atoms with Crippen molar-refractivity contribution in [3.05, 3.63) is 11.6 Å². The number of allylic oxidation sites excluding steroid dienone is 2. The standard InChI is InChI=1S/C42H64O9/c1-37(2)18-20-42(36(48)49-23-10-8-7-9-11-23)21-19-39(4)24(26(42)22-37)12-13-27-38(3)16-14-25-32(51-41(25,6)28(38)15-17-40(27,39)5)33-30(44)29(43)31(45)34(50-33)35(46)47/h12,23,25-34,43-45H,7-11,13-22H2,1-6H3,(H,46,47)/t25-,26?,27?,28?,29?,30?,31+,32-,33-,34?,38-,39-,40-,41-,42+/m1/s1. The summed E-state index contributed by atoms with van der Waals surface area (Å²) in [7, 11) is 0. The maximum Gasteiger partial charge on any atom is 0.335 e. The van der Waals surface area contributed by atoms with Gasteiger partial charge in [0.15, 0.2) is 6.10 Å². The van der Waals surface area contributed by atoms with Gasteiger partial charge in [-0.3, -0.25) is 4.79 Å². The molecule has 0 radical (unpaired) electrons. The molecule has 0 spiro atoms. The number of carboxylic acids is 1. The second-order valence-corrected chi connectivity index (χ2v) is 20.3. The summed E-state index contributed by atoms with van der Waals surface area (Å²) in [5, 5.41) is 41.4. The van der Waals surface area contributed by atoms with Gasteiger partial charge in [0.1, 0.15) is 30.5 Å². The fourth-order valence-electron chi connectivity index (χ4n) is 14.4. The maximum atomic E-state index is 14.4. The number of fused-ring (bicyclic) bond motifs is 9. The van der Waals surface area contributed by atoms with Crippen LogP contribution in [0.2, 0.25) is 0 Å². The molecule has 2 aliphatic heterocycles. The zero-order chi connectivity index (χ0) is 36.5. The van der Waals surface area contributed by atoms with Gasteiger partial charge in [-0.15, -0.1) is 0 Å². The number of ether oxygens (including phenoxy) is 3. The molecule has 15 atom stereocenters. The maximum absolute atomic E-state index is 14.4. The SMILES string of the molecule is CC1(C)CC[C@]2(C(=O)OC3CCCCC3)CC[C@]3(C)C(=CCC4[C@@]5(C)CC[C@@H]6[C@H]([C@@H]7OC(C(=O)O)[C@@H](O)C(O)C7O)O[C@@]6(C)C5CC[C@]43C)C2C1. The highest BCUT2D eigenvalue weighted by Gasteiger charge is 2.73. The first-order chi connectivity index (χ1) is 23.9. The van der Waals surface area contributed by atoms with Crippen molar-refractivity contribution in [1.29, 1.82) is 0 Å². The molecule has 4 N–H and O–H groups in total. The highest BCUT2D eigenvalue weighted by molar-refractivity contribution is 5.79. The Morgan fingerprint density at radius 3 is 2.20 bits per heavy atom. The number of hydrogen-bond acceptors (Lipinski definition) is 8. The van der Waals surface area contributed by atoms with Crippen LogP contribution in [0.15, 0.2) is 11.6 Å². The molecule has 51 heavy (non-hydrogen) atoms. The third-order valence-corrected chi connectivity index (χ3v) is 17.6. The van der Waals surface area contributed by atoms with Crippen LogP contribution in [-0.2, 0) is 23.8 Å². The Morgan fingerprint density at radius 2 is 1.49 bits per heavy atom. The molecule has 0 aromatic rings. The summed E-state index contributed by atoms with van der Waals surface area (Å²) >= 11 is 0. The molecule has 286 valence electrons. The predicted octanol–water partition coefficient (Wildman–Crippen LogP) is 6.35. The van der Waals surface area contributed by atoms with E-state index in [1.165, 1.54) is 6.42 Å². The first-order valence-electron chi connectivity index (χ1n) is 20.4. The Hall–Kier alpha value is -1.52. The third kappa shape index (κ3) is 5.02. The normalized spacial score (nSPS) is 53.5. The second-order valence-electron chi connectivity index (χ2n) is 20.3. The number of carboxylic acid groups (broad SMARTS) is 1. The highest BCUT2D eigenvalue weighted by Crippen LogP contribution is 2.77. The molecule has 0 aromatic heterocycles. The van der Waals surface area contributed by atoms with Crippen LogP contribution >= 0.6 is 0 Å². The minimum absolute atomic E-state index is 0.0137. The van der Waals surface area contributed by atoms with E-state index in [1.807, 2.05) is 0 Å². The third-order valence-electron chi connectivity index (χ3n) is 17.6. The van der Waals surface area contributed by atoms with Crippen molar-refractivity contribution in [2.45, 2.75) is 186 Å². The van der Waals surface area contributed by atoms with E-state index in [4.69, 9.17) is 14.2 Å². The van der Waals surface area contributed by atoms with Gasteiger partial charge >= 0.3 is 11.9 Å². The van der Waals surface area contributed by atoms with Crippen molar-refractivity contribution in [2.24, 2.45) is 50.7 Å². The van der Waals surface area contributed by atoms with E-state index in [-0.39, 0.29) is 51.5 Å². The number of rotatable bonds is 4. The number of aliphatic hydroxyl groups excluding tert-OH is 3. The molecule has 0 amide bonds. The van der Waals surface area contributed by atoms with Crippen molar-refractivity contribution in [1.82, 2.24) is 0 Å². The zero-order valence-electron chi connectivity index (χ0n) is 31.9. The van der Waals surface area contributed by atoms with Crippen LogP contribution in [0.25, 0.3) is 0 Å². The minimum Gasteiger partial charge on any atom is -0.479 e. The van der Waals surface area contributed by atoms with E-state index in [9.17, 15) is 30.0 Å². The quantitative estimate of drug-likeness (QED) is 0.194. The van der Waals surface area contributed by atoms with Crippen LogP contribution in [-0.4, -0.2) is 80.7 Å². The van der Waals surface area contributed by atoms with E-state index in [2.05, 4.69) is 47.6 Å². The monoisotopic (exact) mass is 712 g/mol. The molecule has 8 rings (SSSR count). The van der Waals surface area contributed by atoms with E-state index >= 15 is 0 Å². The lowest BCUT2D eigenvalue weighted by atomic mass is 9.33. The largest absolute Gasteiger partial charge is 0.479 e. The van der Waals surface area contributed by atoms with Crippen molar-refractivity contribution < 1.29 is 44.2 Å². The average molecular weight is 713 g/mol. The second kappa shape index (κ2) is 12.0. The van der Waals surface area contributed by atoms with Gasteiger partial charge in [-0.05, 0) is 136 Å². The predicted molar refractivity (Wildman–Crippen MR) is 189 cm³/mol. The number of carbonyl (C=O) groups excluding carboxylic acids is 1. The van der Waals surface area contributed by atoms with E-state index < -0.39 is 53.6 Å². The highest BCUT2D eigenvalue weighted by atomic mass is 16.6. The van der Waals surface area contributed by atoms with Gasteiger partial charge in [0.05, 0.1) is 17.1 Å². The van der Waals surface area contributed by atoms with Gasteiger partial charge in [-0.1, -0.05) is 52.7 Å². The lowest BCUT2D eigenvalue weighted by molar-refractivity contribution is -0.372. The van der Waals surface area contributed by atoms with Gasteiger partial charge < -0.3 is 34.6 Å². The van der Waals surface area contributed by atoms with E-state index in [0.29, 0.717) is 5.92 Å². The Balaban J connectivity index is 1.07. The lowest BCUT2D eigenvalue weighted by Crippen LogP contribution is -2.76. The molecule has 0 aromatic carbocycles. The molecule has 6 unspecified atom stereocenters. The summed E-state index contributed by atoms with van der Waals surface area (Å²) in [6, 6.07) is 0. The first kappa shape index (κ1) is 36.5. The summed E-state index contributed by atoms with van der Waals surface area (Å²) < 4.78 is 19.0. The molecule has 7 fully saturated rings. The first-order valence-corrected chi connectivity index (χ1v) is 20.4. The molecule has 0 bridgehead atoms. The molecule has 6 aliphatic carbocycles. The van der Waals surface area contributed by atoms with E-state index in [1.54, 1.807) is 5.57 Å². The Labute approximate surface area is 304 Å². The summed E-state index contributed by atoms with van der Waals surface area (Å²) in [5.41, 5.74) is 0.912. The van der Waals surface area contributed by atoms with Crippen LogP contribution in [0.3, 0.4) is 0 Å². The molecule has 8 aliphatic rings. The Bertz CT molecular complexity index is 1450. The molecule has 2 saturated heterocycles. The van der Waals surface area contributed by atoms with Crippen LogP contribution in [0.1, 0.15) is 138 Å². The number of hydrogen-bond donors (Lipinski definition) is 4. The van der Waals surface area contributed by atoms with Gasteiger partial charge in [0, 0.05) is 5.92 Å². The van der Waals surface area contributed by atoms with E-state index in [0.717, 1.165) is 89.9 Å². The van der Waals surface area contributed by atoms with Crippen molar-refractivity contribution in [3.8, 4) is 0 Å². The summed E-state index contributed by atoms with van der Waals surface area (Å²) in [6.45, 7) is 14.6. The molecule has 9 heteroatoms.